The Kier molecular flexibility index (Phi) is 6.88. The van der Waals surface area contributed by atoms with Gasteiger partial charge >= 0.3 is 0 Å². The average Bonchev–Trinajstić information content (AvgIpc) is 2.85. The van der Waals surface area contributed by atoms with Crippen LogP contribution < -0.4 is 19.2 Å². The van der Waals surface area contributed by atoms with Crippen LogP contribution in [0, 0.1) is 0 Å². The second-order valence-corrected chi connectivity index (χ2v) is 9.74. The zero-order chi connectivity index (χ0) is 25.0. The van der Waals surface area contributed by atoms with Crippen LogP contribution in [0.3, 0.4) is 0 Å². The summed E-state index contributed by atoms with van der Waals surface area (Å²) in [7, 11) is -0.932. The van der Waals surface area contributed by atoms with Gasteiger partial charge < -0.3 is 9.47 Å². The fraction of sp³-hybridized carbons (Fsp3) is 0.154. The van der Waals surface area contributed by atoms with Crippen LogP contribution in [0.4, 0.5) is 5.69 Å². The van der Waals surface area contributed by atoms with Crippen LogP contribution >= 0.6 is 0 Å². The molecule has 8 nitrogen and oxygen atoms in total. The SMILES string of the molecule is COc1ccc(OC)c(N(CC(=O)N/N=C\c2c3ccccc3cc3ccccc23)S(C)(=O)=O)c1. The summed E-state index contributed by atoms with van der Waals surface area (Å²) in [5.41, 5.74) is 3.49. The first kappa shape index (κ1) is 24.0. The molecule has 0 unspecified atom stereocenters. The van der Waals surface area contributed by atoms with Gasteiger partial charge in [0, 0.05) is 11.6 Å². The van der Waals surface area contributed by atoms with E-state index in [1.54, 1.807) is 18.3 Å². The number of hydrogen-bond acceptors (Lipinski definition) is 6. The zero-order valence-corrected chi connectivity index (χ0v) is 20.4. The van der Waals surface area contributed by atoms with Gasteiger partial charge in [-0.25, -0.2) is 13.8 Å². The monoisotopic (exact) mass is 491 g/mol. The lowest BCUT2D eigenvalue weighted by Gasteiger charge is -2.23. The van der Waals surface area contributed by atoms with Gasteiger partial charge in [0.2, 0.25) is 10.0 Å². The topological polar surface area (TPSA) is 97.3 Å². The minimum absolute atomic E-state index is 0.188. The van der Waals surface area contributed by atoms with Gasteiger partial charge in [-0.3, -0.25) is 9.10 Å². The Morgan fingerprint density at radius 1 is 0.943 bits per heavy atom. The molecule has 0 aliphatic heterocycles. The number of anilines is 1. The number of fused-ring (bicyclic) bond motifs is 2. The van der Waals surface area contributed by atoms with Gasteiger partial charge in [0.25, 0.3) is 5.91 Å². The van der Waals surface area contributed by atoms with E-state index in [0.29, 0.717) is 5.75 Å². The number of benzene rings is 4. The summed E-state index contributed by atoms with van der Waals surface area (Å²) in [6.45, 7) is -0.490. The molecule has 1 N–H and O–H groups in total. The van der Waals surface area contributed by atoms with Crippen molar-refractivity contribution in [2.45, 2.75) is 0 Å². The smallest absolute Gasteiger partial charge is 0.260 e. The van der Waals surface area contributed by atoms with Crippen LogP contribution in [-0.4, -0.2) is 47.6 Å². The van der Waals surface area contributed by atoms with E-state index in [9.17, 15) is 13.2 Å². The van der Waals surface area contributed by atoms with Crippen molar-refractivity contribution >= 4 is 49.4 Å². The lowest BCUT2D eigenvalue weighted by atomic mass is 9.97. The molecule has 35 heavy (non-hydrogen) atoms. The summed E-state index contributed by atoms with van der Waals surface area (Å²) in [4.78, 5) is 12.7. The first-order valence-corrected chi connectivity index (χ1v) is 12.6. The zero-order valence-electron chi connectivity index (χ0n) is 19.6. The maximum atomic E-state index is 12.7. The number of rotatable bonds is 8. The highest BCUT2D eigenvalue weighted by Gasteiger charge is 2.24. The van der Waals surface area contributed by atoms with E-state index in [1.165, 1.54) is 20.3 Å². The summed E-state index contributed by atoms with van der Waals surface area (Å²) in [5, 5.41) is 8.22. The predicted octanol–water partition coefficient (Wildman–Crippen LogP) is 3.93. The maximum absolute atomic E-state index is 12.7. The molecule has 0 radical (unpaired) electrons. The molecule has 0 saturated carbocycles. The van der Waals surface area contributed by atoms with Crippen LogP contribution in [-0.2, 0) is 14.8 Å². The van der Waals surface area contributed by atoms with Gasteiger partial charge in [0.1, 0.15) is 18.0 Å². The van der Waals surface area contributed by atoms with Crippen LogP contribution in [0.15, 0.2) is 77.9 Å². The van der Waals surface area contributed by atoms with Gasteiger partial charge in [0.15, 0.2) is 0 Å². The summed E-state index contributed by atoms with van der Waals surface area (Å²) >= 11 is 0. The number of carbonyl (C=O) groups excluding carboxylic acids is 1. The Morgan fingerprint density at radius 3 is 2.14 bits per heavy atom. The summed E-state index contributed by atoms with van der Waals surface area (Å²) < 4.78 is 36.5. The summed E-state index contributed by atoms with van der Waals surface area (Å²) in [6.07, 6.45) is 2.60. The third-order valence-corrected chi connectivity index (χ3v) is 6.66. The normalized spacial score (nSPS) is 11.6. The van der Waals surface area contributed by atoms with Crippen molar-refractivity contribution in [1.29, 1.82) is 0 Å². The molecule has 0 saturated heterocycles. The first-order chi connectivity index (χ1) is 16.8. The number of nitrogens with one attached hydrogen (secondary N) is 1. The number of hydrazone groups is 1. The highest BCUT2D eigenvalue weighted by molar-refractivity contribution is 7.92. The third-order valence-electron chi connectivity index (χ3n) is 5.54. The van der Waals surface area contributed by atoms with E-state index in [-0.39, 0.29) is 11.4 Å². The van der Waals surface area contributed by atoms with E-state index in [0.717, 1.165) is 37.7 Å². The maximum Gasteiger partial charge on any atom is 0.260 e. The number of methoxy groups -OCH3 is 2. The third kappa shape index (κ3) is 5.20. The van der Waals surface area contributed by atoms with Gasteiger partial charge in [-0.15, -0.1) is 0 Å². The van der Waals surface area contributed by atoms with Crippen LogP contribution in [0.2, 0.25) is 0 Å². The average molecular weight is 492 g/mol. The molecule has 4 rings (SSSR count). The van der Waals surface area contributed by atoms with E-state index >= 15 is 0 Å². The van der Waals surface area contributed by atoms with Gasteiger partial charge in [0.05, 0.1) is 32.4 Å². The molecule has 0 heterocycles. The minimum Gasteiger partial charge on any atom is -0.497 e. The Morgan fingerprint density at radius 2 is 1.57 bits per heavy atom. The molecule has 0 spiro atoms. The molecule has 4 aromatic carbocycles. The molecule has 0 bridgehead atoms. The minimum atomic E-state index is -3.82. The van der Waals surface area contributed by atoms with Crippen molar-refractivity contribution in [2.24, 2.45) is 5.10 Å². The first-order valence-electron chi connectivity index (χ1n) is 10.7. The second-order valence-electron chi connectivity index (χ2n) is 7.83. The van der Waals surface area contributed by atoms with Crippen molar-refractivity contribution in [3.8, 4) is 11.5 Å². The quantitative estimate of drug-likeness (QED) is 0.229. The molecule has 180 valence electrons. The largest absolute Gasteiger partial charge is 0.497 e. The molecule has 4 aromatic rings. The predicted molar refractivity (Wildman–Crippen MR) is 139 cm³/mol. The van der Waals surface area contributed by atoms with E-state index in [1.807, 2.05) is 48.5 Å². The van der Waals surface area contributed by atoms with Crippen LogP contribution in [0.5, 0.6) is 11.5 Å². The number of ether oxygens (including phenoxy) is 2. The number of sulfonamides is 1. The van der Waals surface area contributed by atoms with Crippen molar-refractivity contribution in [2.75, 3.05) is 31.3 Å². The number of carbonyl (C=O) groups is 1. The molecule has 9 heteroatoms. The number of nitrogens with zero attached hydrogens (tertiary/aromatic N) is 2. The van der Waals surface area contributed by atoms with Gasteiger partial charge in [-0.2, -0.15) is 5.10 Å². The Labute approximate surface area is 203 Å². The highest BCUT2D eigenvalue weighted by Crippen LogP contribution is 2.33. The molecular weight excluding hydrogens is 466 g/mol. The fourth-order valence-corrected chi connectivity index (χ4v) is 4.75. The molecule has 1 amide bonds. The fourth-order valence-electron chi connectivity index (χ4n) is 3.90. The van der Waals surface area contributed by atoms with Crippen molar-refractivity contribution in [1.82, 2.24) is 5.43 Å². The molecule has 0 fully saturated rings. The standard InChI is InChI=1S/C26H25N3O5S/c1-33-20-12-13-25(34-2)24(15-20)29(35(3,31)32)17-26(30)28-27-16-23-21-10-6-4-8-18(21)14-19-9-5-7-11-22(19)23/h4-16H,17H2,1-3H3,(H,28,30)/b27-16-. The van der Waals surface area contributed by atoms with Crippen LogP contribution in [0.25, 0.3) is 21.5 Å². The van der Waals surface area contributed by atoms with Gasteiger partial charge in [-0.05, 0) is 39.7 Å². The lowest BCUT2D eigenvalue weighted by Crippen LogP contribution is -2.39. The Balaban J connectivity index is 1.62. The number of hydrogen-bond donors (Lipinski definition) is 1. The van der Waals surface area contributed by atoms with E-state index in [4.69, 9.17) is 9.47 Å². The van der Waals surface area contributed by atoms with E-state index < -0.39 is 22.5 Å². The Hall–Kier alpha value is -4.11. The van der Waals surface area contributed by atoms with E-state index in [2.05, 4.69) is 16.6 Å². The van der Waals surface area contributed by atoms with Crippen molar-refractivity contribution in [3.63, 3.8) is 0 Å². The lowest BCUT2D eigenvalue weighted by molar-refractivity contribution is -0.119. The van der Waals surface area contributed by atoms with Crippen molar-refractivity contribution in [3.05, 3.63) is 78.4 Å². The summed E-state index contributed by atoms with van der Waals surface area (Å²) in [5.74, 6) is 0.103. The van der Waals surface area contributed by atoms with Crippen molar-refractivity contribution < 1.29 is 22.7 Å². The Bertz CT molecular complexity index is 1480. The van der Waals surface area contributed by atoms with Crippen LogP contribution in [0.1, 0.15) is 5.56 Å². The van der Waals surface area contributed by atoms with Gasteiger partial charge in [-0.1, -0.05) is 48.5 Å². The molecule has 0 atom stereocenters. The molecule has 0 aliphatic carbocycles. The second kappa shape index (κ2) is 10.0. The molecular formula is C26H25N3O5S. The summed E-state index contributed by atoms with van der Waals surface area (Å²) in [6, 6.07) is 22.7. The number of amides is 1. The molecule has 0 aliphatic rings. The highest BCUT2D eigenvalue weighted by atomic mass is 32.2. The molecule has 0 aromatic heterocycles.